The number of benzene rings is 3. The summed E-state index contributed by atoms with van der Waals surface area (Å²) in [6.45, 7) is 1.90. The Labute approximate surface area is 201 Å². The fraction of sp³-hybridized carbons (Fsp3) is 0.154. The highest BCUT2D eigenvalue weighted by molar-refractivity contribution is 6.51. The number of aliphatic hydroxyl groups excluding tert-OH is 1. The van der Waals surface area contributed by atoms with Gasteiger partial charge in [0.25, 0.3) is 17.4 Å². The topological polar surface area (TPSA) is 119 Å². The summed E-state index contributed by atoms with van der Waals surface area (Å²) in [5.74, 6) is -1.28. The number of non-ortho nitro benzene ring substituents is 1. The van der Waals surface area contributed by atoms with Crippen molar-refractivity contribution in [2.45, 2.75) is 13.0 Å². The minimum atomic E-state index is -0.979. The Morgan fingerprint density at radius 2 is 1.57 bits per heavy atom. The number of nitro benzene ring substituents is 1. The van der Waals surface area contributed by atoms with Gasteiger partial charge >= 0.3 is 0 Å². The molecule has 4 rings (SSSR count). The molecule has 0 radical (unpaired) electrons. The second kappa shape index (κ2) is 9.30. The minimum Gasteiger partial charge on any atom is -0.507 e. The van der Waals surface area contributed by atoms with E-state index in [1.807, 2.05) is 19.1 Å². The number of hydrogen-bond acceptors (Lipinski definition) is 7. The van der Waals surface area contributed by atoms with Gasteiger partial charge in [-0.1, -0.05) is 23.8 Å². The SMILES string of the molecule is COc1ccc(C2/C(=C(/O)c3ccc([N+](=O)[O-])cc3)C(=O)C(=O)N2c2ccc(C)cc2)cc1OC. The van der Waals surface area contributed by atoms with Gasteiger partial charge < -0.3 is 14.6 Å². The Morgan fingerprint density at radius 3 is 2.14 bits per heavy atom. The third-order valence-corrected chi connectivity index (χ3v) is 5.83. The number of aryl methyl sites for hydroxylation is 1. The zero-order valence-electron chi connectivity index (χ0n) is 19.2. The zero-order chi connectivity index (χ0) is 25.3. The number of anilines is 1. The van der Waals surface area contributed by atoms with Gasteiger partial charge in [-0.05, 0) is 48.9 Å². The van der Waals surface area contributed by atoms with Crippen LogP contribution in [0.15, 0.2) is 72.3 Å². The molecule has 1 heterocycles. The number of carbonyl (C=O) groups excluding carboxylic acids is 2. The van der Waals surface area contributed by atoms with Crippen molar-refractivity contribution in [3.05, 3.63) is 99.1 Å². The van der Waals surface area contributed by atoms with Crippen molar-refractivity contribution in [2.75, 3.05) is 19.1 Å². The van der Waals surface area contributed by atoms with Crippen molar-refractivity contribution in [3.63, 3.8) is 0 Å². The van der Waals surface area contributed by atoms with Crippen molar-refractivity contribution >= 4 is 28.8 Å². The van der Waals surface area contributed by atoms with Crippen LogP contribution in [-0.4, -0.2) is 35.9 Å². The van der Waals surface area contributed by atoms with E-state index in [1.54, 1.807) is 30.3 Å². The number of ketones is 1. The number of nitro groups is 1. The molecule has 1 aliphatic heterocycles. The maximum atomic E-state index is 13.2. The lowest BCUT2D eigenvalue weighted by Gasteiger charge is -2.26. The Bertz CT molecular complexity index is 1350. The summed E-state index contributed by atoms with van der Waals surface area (Å²) >= 11 is 0. The van der Waals surface area contributed by atoms with Crippen LogP contribution in [0.2, 0.25) is 0 Å². The van der Waals surface area contributed by atoms with Gasteiger partial charge in [0.2, 0.25) is 0 Å². The first-order valence-corrected chi connectivity index (χ1v) is 10.6. The summed E-state index contributed by atoms with van der Waals surface area (Å²) in [4.78, 5) is 38.2. The smallest absolute Gasteiger partial charge is 0.300 e. The average molecular weight is 474 g/mol. The van der Waals surface area contributed by atoms with E-state index in [0.717, 1.165) is 5.56 Å². The summed E-state index contributed by atoms with van der Waals surface area (Å²) in [6.07, 6.45) is 0. The molecule has 0 bridgehead atoms. The average Bonchev–Trinajstić information content (AvgIpc) is 3.14. The number of aliphatic hydroxyl groups is 1. The van der Waals surface area contributed by atoms with Gasteiger partial charge in [-0.2, -0.15) is 0 Å². The van der Waals surface area contributed by atoms with E-state index >= 15 is 0 Å². The third kappa shape index (κ3) is 4.19. The number of amides is 1. The fourth-order valence-electron chi connectivity index (χ4n) is 4.04. The summed E-state index contributed by atoms with van der Waals surface area (Å²) in [6, 6.07) is 16.2. The molecule has 9 heteroatoms. The van der Waals surface area contributed by atoms with Gasteiger partial charge in [0.1, 0.15) is 5.76 Å². The Kier molecular flexibility index (Phi) is 6.24. The molecular formula is C26H22N2O7. The molecule has 1 fully saturated rings. The van der Waals surface area contributed by atoms with Crippen LogP contribution in [0.1, 0.15) is 22.7 Å². The first-order chi connectivity index (χ1) is 16.8. The molecule has 3 aromatic rings. The van der Waals surface area contributed by atoms with Crippen molar-refractivity contribution < 1.29 is 29.1 Å². The van der Waals surface area contributed by atoms with Gasteiger partial charge in [0, 0.05) is 23.4 Å². The zero-order valence-corrected chi connectivity index (χ0v) is 19.2. The molecule has 0 aromatic heterocycles. The lowest BCUT2D eigenvalue weighted by molar-refractivity contribution is -0.384. The van der Waals surface area contributed by atoms with Crippen molar-refractivity contribution in [3.8, 4) is 11.5 Å². The van der Waals surface area contributed by atoms with E-state index in [0.29, 0.717) is 22.7 Å². The van der Waals surface area contributed by atoms with Crippen LogP contribution in [0, 0.1) is 17.0 Å². The number of methoxy groups -OCH3 is 2. The van der Waals surface area contributed by atoms with Crippen molar-refractivity contribution in [1.29, 1.82) is 0 Å². The molecule has 1 saturated heterocycles. The molecule has 9 nitrogen and oxygen atoms in total. The van der Waals surface area contributed by atoms with E-state index in [4.69, 9.17) is 9.47 Å². The molecule has 178 valence electrons. The lowest BCUT2D eigenvalue weighted by atomic mass is 9.94. The Balaban J connectivity index is 1.94. The number of nitrogens with zero attached hydrogens (tertiary/aromatic N) is 2. The highest BCUT2D eigenvalue weighted by atomic mass is 16.6. The first-order valence-electron chi connectivity index (χ1n) is 10.6. The van der Waals surface area contributed by atoms with Crippen LogP contribution in [0.4, 0.5) is 11.4 Å². The van der Waals surface area contributed by atoms with E-state index in [-0.39, 0.29) is 16.8 Å². The second-order valence-corrected chi connectivity index (χ2v) is 7.92. The van der Waals surface area contributed by atoms with Crippen molar-refractivity contribution in [1.82, 2.24) is 0 Å². The second-order valence-electron chi connectivity index (χ2n) is 7.92. The molecule has 0 spiro atoms. The lowest BCUT2D eigenvalue weighted by Crippen LogP contribution is -2.29. The number of Topliss-reactive ketones (excluding diaryl/α,β-unsaturated/α-hetero) is 1. The fourth-order valence-corrected chi connectivity index (χ4v) is 4.04. The third-order valence-electron chi connectivity index (χ3n) is 5.83. The quantitative estimate of drug-likeness (QED) is 0.183. The Hall–Kier alpha value is -4.66. The highest BCUT2D eigenvalue weighted by Crippen LogP contribution is 2.44. The molecule has 1 unspecified atom stereocenters. The van der Waals surface area contributed by atoms with Gasteiger partial charge in [-0.25, -0.2) is 0 Å². The van der Waals surface area contributed by atoms with Crippen LogP contribution in [-0.2, 0) is 9.59 Å². The van der Waals surface area contributed by atoms with E-state index in [2.05, 4.69) is 0 Å². The van der Waals surface area contributed by atoms with Gasteiger partial charge in [-0.3, -0.25) is 24.6 Å². The maximum Gasteiger partial charge on any atom is 0.300 e. The normalized spacial score (nSPS) is 16.9. The van der Waals surface area contributed by atoms with E-state index < -0.39 is 28.4 Å². The largest absolute Gasteiger partial charge is 0.507 e. The number of ether oxygens (including phenoxy) is 2. The number of carbonyl (C=O) groups is 2. The molecule has 0 aliphatic carbocycles. The Morgan fingerprint density at radius 1 is 0.943 bits per heavy atom. The standard InChI is InChI=1S/C26H22N2O7/c1-15-4-9-18(10-5-15)27-23(17-8-13-20(34-2)21(14-17)35-3)22(25(30)26(27)31)24(29)16-6-11-19(12-7-16)28(32)33/h4-14,23,29H,1-3H3/b24-22-. The molecule has 35 heavy (non-hydrogen) atoms. The number of hydrogen-bond donors (Lipinski definition) is 1. The summed E-state index contributed by atoms with van der Waals surface area (Å²) in [7, 11) is 2.96. The van der Waals surface area contributed by atoms with Crippen molar-refractivity contribution in [2.24, 2.45) is 0 Å². The van der Waals surface area contributed by atoms with Crippen LogP contribution in [0.5, 0.6) is 11.5 Å². The predicted molar refractivity (Wildman–Crippen MR) is 129 cm³/mol. The van der Waals surface area contributed by atoms with E-state index in [1.165, 1.54) is 43.4 Å². The molecule has 1 atom stereocenters. The van der Waals surface area contributed by atoms with Gasteiger partial charge in [0.15, 0.2) is 11.5 Å². The van der Waals surface area contributed by atoms with Crippen LogP contribution >= 0.6 is 0 Å². The monoisotopic (exact) mass is 474 g/mol. The van der Waals surface area contributed by atoms with E-state index in [9.17, 15) is 24.8 Å². The van der Waals surface area contributed by atoms with Gasteiger partial charge in [-0.15, -0.1) is 0 Å². The molecule has 0 saturated carbocycles. The summed E-state index contributed by atoms with van der Waals surface area (Å²) in [5.41, 5.74) is 1.81. The molecular weight excluding hydrogens is 452 g/mol. The van der Waals surface area contributed by atoms with Gasteiger partial charge in [0.05, 0.1) is 30.8 Å². The molecule has 1 N–H and O–H groups in total. The predicted octanol–water partition coefficient (Wildman–Crippen LogP) is 4.55. The number of rotatable bonds is 6. The molecule has 3 aromatic carbocycles. The maximum absolute atomic E-state index is 13.2. The van der Waals surface area contributed by atoms with Crippen LogP contribution in [0.25, 0.3) is 5.76 Å². The first kappa shape index (κ1) is 23.5. The van der Waals surface area contributed by atoms with Crippen LogP contribution in [0.3, 0.4) is 0 Å². The molecule has 1 amide bonds. The van der Waals surface area contributed by atoms with Crippen LogP contribution < -0.4 is 14.4 Å². The minimum absolute atomic E-state index is 0.142. The summed E-state index contributed by atoms with van der Waals surface area (Å²) < 4.78 is 10.7. The molecule has 1 aliphatic rings. The summed E-state index contributed by atoms with van der Waals surface area (Å²) in [5, 5.41) is 22.2. The highest BCUT2D eigenvalue weighted by Gasteiger charge is 2.47.